The fraction of sp³-hybridized carbons (Fsp3) is 0.519. The van der Waals surface area contributed by atoms with Crippen LogP contribution in [0.5, 0.6) is 0 Å². The van der Waals surface area contributed by atoms with E-state index in [2.05, 4.69) is 9.97 Å². The molecule has 1 aromatic heterocycles. The van der Waals surface area contributed by atoms with Gasteiger partial charge in [-0.3, -0.25) is 19.4 Å². The minimum atomic E-state index is -3.33. The van der Waals surface area contributed by atoms with Crippen LogP contribution >= 0.6 is 0 Å². The van der Waals surface area contributed by atoms with Crippen LogP contribution in [0, 0.1) is 5.92 Å². The van der Waals surface area contributed by atoms with E-state index in [1.807, 2.05) is 6.07 Å². The van der Waals surface area contributed by atoms with Crippen LogP contribution in [0.15, 0.2) is 35.5 Å². The Kier molecular flexibility index (Phi) is 6.42. The van der Waals surface area contributed by atoms with Crippen molar-refractivity contribution >= 4 is 27.2 Å². The second kappa shape index (κ2) is 9.37. The molecule has 1 heterocycles. The molecule has 3 aliphatic rings. The third-order valence-electron chi connectivity index (χ3n) is 7.45. The second-order valence-corrected chi connectivity index (χ2v) is 12.5. The highest BCUT2D eigenvalue weighted by Crippen LogP contribution is 2.47. The van der Waals surface area contributed by atoms with E-state index in [1.54, 1.807) is 12.1 Å². The molecule has 0 bridgehead atoms. The van der Waals surface area contributed by atoms with E-state index in [0.717, 1.165) is 30.4 Å². The molecule has 0 radical (unpaired) electrons. The maximum atomic E-state index is 13.6. The van der Waals surface area contributed by atoms with Gasteiger partial charge in [0.25, 0.3) is 0 Å². The number of hydrogen-bond acceptors (Lipinski definition) is 7. The zero-order valence-corrected chi connectivity index (χ0v) is 20.7. The maximum absolute atomic E-state index is 13.6. The van der Waals surface area contributed by atoms with Gasteiger partial charge in [-0.2, -0.15) is 0 Å². The monoisotopic (exact) mass is 494 g/mol. The van der Waals surface area contributed by atoms with Crippen LogP contribution in [0.4, 0.5) is 0 Å². The van der Waals surface area contributed by atoms with Gasteiger partial charge in [-0.25, -0.2) is 13.4 Å². The van der Waals surface area contributed by atoms with Crippen molar-refractivity contribution in [1.82, 2.24) is 9.97 Å². The summed E-state index contributed by atoms with van der Waals surface area (Å²) in [6, 6.07) is 5.44. The molecular weight excluding hydrogens is 464 g/mol. The van der Waals surface area contributed by atoms with Crippen LogP contribution in [0.25, 0.3) is 0 Å². The summed E-state index contributed by atoms with van der Waals surface area (Å²) in [5.41, 5.74) is 2.41. The molecule has 3 aliphatic carbocycles. The predicted octanol–water partition coefficient (Wildman–Crippen LogP) is 4.15. The quantitative estimate of drug-likeness (QED) is 0.456. The van der Waals surface area contributed by atoms with E-state index >= 15 is 0 Å². The first kappa shape index (κ1) is 24.0. The molecule has 1 aromatic carbocycles. The summed E-state index contributed by atoms with van der Waals surface area (Å²) < 4.78 is 26.1. The van der Waals surface area contributed by atoms with Gasteiger partial charge in [0.2, 0.25) is 0 Å². The molecule has 0 N–H and O–H groups in total. The number of carbonyl (C=O) groups excluding carboxylic acids is 3. The van der Waals surface area contributed by atoms with Gasteiger partial charge in [-0.1, -0.05) is 12.1 Å². The van der Waals surface area contributed by atoms with Crippen molar-refractivity contribution in [3.8, 4) is 0 Å². The molecule has 2 atom stereocenters. The molecule has 35 heavy (non-hydrogen) atoms. The Balaban J connectivity index is 1.45. The molecule has 0 amide bonds. The SMILES string of the molecule is CC(=O)c1cnc(CC(=O)[C@H](C[C@H]2CCC(=O)C2)c2ccc(S(=O)(=O)C3CC3)c(C3CC3)c2)cn1. The van der Waals surface area contributed by atoms with E-state index in [0.29, 0.717) is 42.7 Å². The highest BCUT2D eigenvalue weighted by molar-refractivity contribution is 7.92. The normalized spacial score (nSPS) is 21.2. The fourth-order valence-electron chi connectivity index (χ4n) is 5.12. The first-order valence-electron chi connectivity index (χ1n) is 12.5. The van der Waals surface area contributed by atoms with Crippen LogP contribution in [0.2, 0.25) is 0 Å². The average molecular weight is 495 g/mol. The summed E-state index contributed by atoms with van der Waals surface area (Å²) in [5.74, 6) is -0.0669. The van der Waals surface area contributed by atoms with Crippen molar-refractivity contribution in [2.24, 2.45) is 5.92 Å². The molecule has 184 valence electrons. The van der Waals surface area contributed by atoms with Gasteiger partial charge < -0.3 is 0 Å². The molecule has 3 fully saturated rings. The van der Waals surface area contributed by atoms with Crippen LogP contribution in [-0.2, 0) is 25.8 Å². The van der Waals surface area contributed by atoms with Gasteiger partial charge in [-0.05, 0) is 67.6 Å². The number of ketones is 3. The predicted molar refractivity (Wildman–Crippen MR) is 129 cm³/mol. The third kappa shape index (κ3) is 5.27. The van der Waals surface area contributed by atoms with Gasteiger partial charge in [-0.15, -0.1) is 0 Å². The minimum absolute atomic E-state index is 0.0335. The number of sulfone groups is 1. The third-order valence-corrected chi connectivity index (χ3v) is 9.78. The van der Waals surface area contributed by atoms with Crippen molar-refractivity contribution in [2.75, 3.05) is 0 Å². The molecule has 0 unspecified atom stereocenters. The van der Waals surface area contributed by atoms with E-state index in [1.165, 1.54) is 19.3 Å². The lowest BCUT2D eigenvalue weighted by atomic mass is 9.83. The largest absolute Gasteiger partial charge is 0.300 e. The second-order valence-electron chi connectivity index (χ2n) is 10.3. The van der Waals surface area contributed by atoms with Crippen LogP contribution in [0.1, 0.15) is 97.4 Å². The summed E-state index contributed by atoms with van der Waals surface area (Å²) in [6.07, 6.45) is 8.65. The summed E-state index contributed by atoms with van der Waals surface area (Å²) in [7, 11) is -3.33. The Bertz CT molecular complexity index is 1280. The molecule has 0 spiro atoms. The average Bonchev–Trinajstić information content (AvgIpc) is 3.75. The van der Waals surface area contributed by atoms with Crippen molar-refractivity contribution < 1.29 is 22.8 Å². The van der Waals surface area contributed by atoms with Gasteiger partial charge in [0.1, 0.15) is 17.3 Å². The molecule has 0 aliphatic heterocycles. The van der Waals surface area contributed by atoms with Crippen LogP contribution in [0.3, 0.4) is 0 Å². The standard InChI is InChI=1S/C27H30N2O5S/c1-16(30)25-15-28-20(14-29-25)13-26(32)23(11-17-2-6-21(31)10-17)19-5-9-27(24(12-19)18-3-4-18)35(33,34)22-7-8-22/h5,9,12,14-15,17-18,22-23H,2-4,6-8,10-11,13H2,1H3/t17-,23+/m0/s1. The number of benzene rings is 1. The molecule has 3 saturated carbocycles. The molecule has 5 rings (SSSR count). The first-order valence-corrected chi connectivity index (χ1v) is 14.0. The zero-order chi connectivity index (χ0) is 24.7. The molecule has 2 aromatic rings. The number of nitrogens with zero attached hydrogens (tertiary/aromatic N) is 2. The lowest BCUT2D eigenvalue weighted by molar-refractivity contribution is -0.121. The van der Waals surface area contributed by atoms with E-state index in [4.69, 9.17) is 0 Å². The van der Waals surface area contributed by atoms with Crippen LogP contribution < -0.4 is 0 Å². The highest BCUT2D eigenvalue weighted by Gasteiger charge is 2.41. The molecule has 8 heteroatoms. The lowest BCUT2D eigenvalue weighted by Gasteiger charge is -2.21. The van der Waals surface area contributed by atoms with Gasteiger partial charge in [0.05, 0.1) is 28.5 Å². The Labute approximate surface area is 205 Å². The summed E-state index contributed by atoms with van der Waals surface area (Å²) >= 11 is 0. The summed E-state index contributed by atoms with van der Waals surface area (Å²) in [6.45, 7) is 1.41. The number of Topliss-reactive ketones (excluding diaryl/α,β-unsaturated/α-hetero) is 3. The Morgan fingerprint density at radius 3 is 2.40 bits per heavy atom. The number of carbonyl (C=O) groups is 3. The van der Waals surface area contributed by atoms with Gasteiger partial charge in [0.15, 0.2) is 15.6 Å². The Hall–Kier alpha value is -2.74. The number of hydrogen-bond donors (Lipinski definition) is 0. The van der Waals surface area contributed by atoms with Gasteiger partial charge >= 0.3 is 0 Å². The van der Waals surface area contributed by atoms with Crippen molar-refractivity contribution in [3.63, 3.8) is 0 Å². The zero-order valence-electron chi connectivity index (χ0n) is 19.9. The molecule has 7 nitrogen and oxygen atoms in total. The number of rotatable bonds is 10. The van der Waals surface area contributed by atoms with Gasteiger partial charge in [0, 0.05) is 31.9 Å². The topological polar surface area (TPSA) is 111 Å². The summed E-state index contributed by atoms with van der Waals surface area (Å²) in [4.78, 5) is 45.7. The number of aromatic nitrogens is 2. The Morgan fingerprint density at radius 1 is 1.06 bits per heavy atom. The summed E-state index contributed by atoms with van der Waals surface area (Å²) in [5, 5.41) is -0.274. The molecular formula is C27H30N2O5S. The lowest BCUT2D eigenvalue weighted by Crippen LogP contribution is -2.20. The van der Waals surface area contributed by atoms with E-state index < -0.39 is 15.8 Å². The fourth-order valence-corrected chi connectivity index (χ4v) is 7.05. The minimum Gasteiger partial charge on any atom is -0.300 e. The highest BCUT2D eigenvalue weighted by atomic mass is 32.2. The smallest absolute Gasteiger partial charge is 0.181 e. The molecule has 0 saturated heterocycles. The Morgan fingerprint density at radius 2 is 1.83 bits per heavy atom. The van der Waals surface area contributed by atoms with Crippen molar-refractivity contribution in [2.45, 2.75) is 86.7 Å². The van der Waals surface area contributed by atoms with Crippen molar-refractivity contribution in [1.29, 1.82) is 0 Å². The van der Waals surface area contributed by atoms with Crippen LogP contribution in [-0.4, -0.2) is 41.0 Å². The maximum Gasteiger partial charge on any atom is 0.181 e. The van der Waals surface area contributed by atoms with E-state index in [9.17, 15) is 22.8 Å². The van der Waals surface area contributed by atoms with E-state index in [-0.39, 0.29) is 46.6 Å². The first-order chi connectivity index (χ1) is 16.7. The van der Waals surface area contributed by atoms with Crippen molar-refractivity contribution in [3.05, 3.63) is 53.1 Å².